The molecule has 28 heavy (non-hydrogen) atoms. The molecule has 0 saturated heterocycles. The fraction of sp³-hybridized carbons (Fsp3) is 0.231. The van der Waals surface area contributed by atoms with E-state index in [4.69, 9.17) is 5.73 Å². The van der Waals surface area contributed by atoms with Crippen molar-refractivity contribution in [2.24, 2.45) is 5.73 Å². The molecule has 2 nitrogen and oxygen atoms in total. The van der Waals surface area contributed by atoms with Gasteiger partial charge in [-0.2, -0.15) is 0 Å². The molecule has 0 fully saturated rings. The van der Waals surface area contributed by atoms with E-state index in [0.29, 0.717) is 5.92 Å². The van der Waals surface area contributed by atoms with Crippen molar-refractivity contribution < 1.29 is 0 Å². The van der Waals surface area contributed by atoms with Gasteiger partial charge in [-0.15, -0.1) is 12.8 Å². The zero-order valence-electron chi connectivity index (χ0n) is 17.3. The molecule has 3 N–H and O–H groups in total. The van der Waals surface area contributed by atoms with E-state index in [2.05, 4.69) is 87.1 Å². The topological polar surface area (TPSA) is 38.0 Å². The maximum Gasteiger partial charge on any atom is 0.0400 e. The lowest BCUT2D eigenvalue weighted by Crippen LogP contribution is -2.01. The van der Waals surface area contributed by atoms with Crippen molar-refractivity contribution in [3.05, 3.63) is 95.7 Å². The lowest BCUT2D eigenvalue weighted by molar-refractivity contribution is 0.734. The molecule has 2 heteroatoms. The van der Waals surface area contributed by atoms with Gasteiger partial charge >= 0.3 is 0 Å². The van der Waals surface area contributed by atoms with E-state index in [1.54, 1.807) is 6.08 Å². The van der Waals surface area contributed by atoms with E-state index in [1.165, 1.54) is 17.5 Å². The molecule has 1 atom stereocenters. The first-order valence-electron chi connectivity index (χ1n) is 9.57. The van der Waals surface area contributed by atoms with Gasteiger partial charge in [-0.25, -0.2) is 0 Å². The maximum atomic E-state index is 6.08. The van der Waals surface area contributed by atoms with Gasteiger partial charge in [0.1, 0.15) is 0 Å². The highest BCUT2D eigenvalue weighted by molar-refractivity contribution is 5.68. The van der Waals surface area contributed by atoms with Crippen LogP contribution in [0.25, 0.3) is 5.57 Å². The second-order valence-corrected chi connectivity index (χ2v) is 6.66. The zero-order chi connectivity index (χ0) is 20.9. The van der Waals surface area contributed by atoms with Crippen molar-refractivity contribution in [3.8, 4) is 12.8 Å². The van der Waals surface area contributed by atoms with Gasteiger partial charge < -0.3 is 11.1 Å². The minimum absolute atomic E-state index is 0.613. The molecule has 2 aromatic rings. The molecule has 2 aromatic carbocycles. The highest BCUT2D eigenvalue weighted by atomic mass is 14.9. The molecule has 0 bridgehead atoms. The standard InChI is InChI=1S/C24H30N2.C2H2/c1-5-7-8-24(25)19(4)22-11-9-20(10-12-22)17-26-23-15-13-21(14-16-23)18(3)6-2;1-2/h5,7-16,18,26H,1,6,17,25H2,2-4H3;1-2H/b8-7-,24-19-;. The summed E-state index contributed by atoms with van der Waals surface area (Å²) in [4.78, 5) is 0. The summed E-state index contributed by atoms with van der Waals surface area (Å²) in [5, 5.41) is 3.49. The van der Waals surface area contributed by atoms with Crippen LogP contribution in [-0.4, -0.2) is 0 Å². The highest BCUT2D eigenvalue weighted by Gasteiger charge is 2.03. The van der Waals surface area contributed by atoms with Crippen molar-refractivity contribution in [3.63, 3.8) is 0 Å². The lowest BCUT2D eigenvalue weighted by Gasteiger charge is -2.12. The molecule has 0 aliphatic rings. The zero-order valence-corrected chi connectivity index (χ0v) is 17.3. The van der Waals surface area contributed by atoms with Crippen molar-refractivity contribution in [2.75, 3.05) is 5.32 Å². The third kappa shape index (κ3) is 6.85. The number of nitrogens with one attached hydrogen (secondary N) is 1. The summed E-state index contributed by atoms with van der Waals surface area (Å²) < 4.78 is 0. The monoisotopic (exact) mass is 372 g/mol. The Labute approximate surface area is 170 Å². The number of benzene rings is 2. The molecular weight excluding hydrogens is 340 g/mol. The van der Waals surface area contributed by atoms with Crippen LogP contribution in [-0.2, 0) is 6.54 Å². The van der Waals surface area contributed by atoms with Crippen LogP contribution in [0, 0.1) is 12.8 Å². The Morgan fingerprint density at radius 3 is 2.25 bits per heavy atom. The van der Waals surface area contributed by atoms with E-state index in [9.17, 15) is 0 Å². The number of anilines is 1. The number of hydrogen-bond donors (Lipinski definition) is 2. The van der Waals surface area contributed by atoms with Gasteiger partial charge in [-0.1, -0.05) is 69.0 Å². The third-order valence-electron chi connectivity index (χ3n) is 4.82. The number of rotatable bonds is 8. The van der Waals surface area contributed by atoms with Gasteiger partial charge in [0.2, 0.25) is 0 Å². The van der Waals surface area contributed by atoms with Gasteiger partial charge in [-0.05, 0) is 59.7 Å². The highest BCUT2D eigenvalue weighted by Crippen LogP contribution is 2.21. The smallest absolute Gasteiger partial charge is 0.0400 e. The first-order chi connectivity index (χ1) is 13.5. The van der Waals surface area contributed by atoms with Crippen molar-refractivity contribution in [2.45, 2.75) is 39.7 Å². The Balaban J connectivity index is 0.00000190. The number of hydrogen-bond acceptors (Lipinski definition) is 2. The molecule has 0 heterocycles. The van der Waals surface area contributed by atoms with Crippen molar-refractivity contribution >= 4 is 11.3 Å². The molecule has 1 unspecified atom stereocenters. The Bertz CT molecular complexity index is 806. The van der Waals surface area contributed by atoms with E-state index in [-0.39, 0.29) is 0 Å². The van der Waals surface area contributed by atoms with E-state index in [0.717, 1.165) is 29.1 Å². The fourth-order valence-electron chi connectivity index (χ4n) is 2.71. The molecular formula is C26H32N2. The largest absolute Gasteiger partial charge is 0.398 e. The summed E-state index contributed by atoms with van der Waals surface area (Å²) in [5.74, 6) is 0.613. The predicted molar refractivity (Wildman–Crippen MR) is 125 cm³/mol. The van der Waals surface area contributed by atoms with Crippen LogP contribution in [0.5, 0.6) is 0 Å². The Morgan fingerprint density at radius 1 is 1.11 bits per heavy atom. The van der Waals surface area contributed by atoms with Crippen LogP contribution < -0.4 is 11.1 Å². The fourth-order valence-corrected chi connectivity index (χ4v) is 2.71. The molecule has 2 rings (SSSR count). The first-order valence-corrected chi connectivity index (χ1v) is 9.57. The van der Waals surface area contributed by atoms with Crippen molar-refractivity contribution in [1.82, 2.24) is 0 Å². The molecule has 0 radical (unpaired) electrons. The van der Waals surface area contributed by atoms with Crippen molar-refractivity contribution in [1.29, 1.82) is 0 Å². The molecule has 0 spiro atoms. The van der Waals surface area contributed by atoms with E-state index < -0.39 is 0 Å². The first kappa shape index (κ1) is 22.9. The van der Waals surface area contributed by atoms with Crippen LogP contribution in [0.1, 0.15) is 49.8 Å². The second kappa shape index (κ2) is 12.3. The summed E-state index contributed by atoms with van der Waals surface area (Å²) in [6, 6.07) is 17.3. The van der Waals surface area contributed by atoms with Gasteiger partial charge in [0.15, 0.2) is 0 Å². The van der Waals surface area contributed by atoms with Gasteiger partial charge in [0.25, 0.3) is 0 Å². The van der Waals surface area contributed by atoms with Crippen LogP contribution in [0.15, 0.2) is 79.0 Å². The summed E-state index contributed by atoms with van der Waals surface area (Å²) >= 11 is 0. The average Bonchev–Trinajstić information content (AvgIpc) is 2.77. The molecule has 146 valence electrons. The summed E-state index contributed by atoms with van der Waals surface area (Å²) in [7, 11) is 0. The quantitative estimate of drug-likeness (QED) is 0.410. The lowest BCUT2D eigenvalue weighted by atomic mass is 9.98. The Morgan fingerprint density at radius 2 is 1.71 bits per heavy atom. The molecule has 0 aliphatic heterocycles. The molecule has 0 aliphatic carbocycles. The number of allylic oxidation sites excluding steroid dienone is 4. The predicted octanol–water partition coefficient (Wildman–Crippen LogP) is 6.49. The Hall–Kier alpha value is -3.18. The number of nitrogens with two attached hydrogens (primary N) is 1. The third-order valence-corrected chi connectivity index (χ3v) is 4.82. The average molecular weight is 373 g/mol. The maximum absolute atomic E-state index is 6.08. The van der Waals surface area contributed by atoms with Gasteiger partial charge in [-0.3, -0.25) is 0 Å². The summed E-state index contributed by atoms with van der Waals surface area (Å²) in [6.45, 7) is 11.0. The van der Waals surface area contributed by atoms with Crippen LogP contribution >= 0.6 is 0 Å². The van der Waals surface area contributed by atoms with Crippen LogP contribution in [0.4, 0.5) is 5.69 Å². The van der Waals surface area contributed by atoms with E-state index >= 15 is 0 Å². The minimum Gasteiger partial charge on any atom is -0.398 e. The normalized spacial score (nSPS) is 12.5. The number of terminal acetylenes is 1. The SMILES string of the molecule is C#C.C=C/C=C\C(N)=C(/C)c1ccc(CNc2ccc(C(C)CC)cc2)cc1. The molecule has 0 saturated carbocycles. The summed E-state index contributed by atoms with van der Waals surface area (Å²) in [5.41, 5.74) is 12.8. The molecule has 0 aromatic heterocycles. The van der Waals surface area contributed by atoms with E-state index in [1.807, 2.05) is 19.1 Å². The molecule has 0 amide bonds. The van der Waals surface area contributed by atoms with Gasteiger partial charge in [0.05, 0.1) is 0 Å². The van der Waals surface area contributed by atoms with Crippen LogP contribution in [0.2, 0.25) is 0 Å². The Kier molecular flexibility index (Phi) is 10.0. The van der Waals surface area contributed by atoms with Crippen LogP contribution in [0.3, 0.4) is 0 Å². The summed E-state index contributed by atoms with van der Waals surface area (Å²) in [6.07, 6.45) is 14.6. The second-order valence-electron chi connectivity index (χ2n) is 6.66. The van der Waals surface area contributed by atoms with Gasteiger partial charge in [0, 0.05) is 17.9 Å². The minimum atomic E-state index is 0.613.